The van der Waals surface area contributed by atoms with Crippen LogP contribution >= 0.6 is 11.6 Å². The number of nitrogens with one attached hydrogen (secondary N) is 2. The summed E-state index contributed by atoms with van der Waals surface area (Å²) in [6, 6.07) is 10.6. The molecule has 0 saturated carbocycles. The van der Waals surface area contributed by atoms with Crippen LogP contribution < -0.4 is 14.8 Å². The standard InChI is InChI=1S/C17H17ClN2O6S/c1-25-15-8-7-11(18)9-14(15)19-16(21)10-26-17(22)12-5-3-4-6-13(12)20-27(2,23)24/h3-9,20H,10H2,1-2H3,(H,19,21). The lowest BCUT2D eigenvalue weighted by molar-refractivity contribution is -0.119. The fourth-order valence-corrected chi connectivity index (χ4v) is 2.87. The molecular weight excluding hydrogens is 396 g/mol. The normalized spacial score (nSPS) is 10.8. The van der Waals surface area contributed by atoms with E-state index in [4.69, 9.17) is 21.1 Å². The Morgan fingerprint density at radius 2 is 1.81 bits per heavy atom. The zero-order valence-corrected chi connectivity index (χ0v) is 16.1. The van der Waals surface area contributed by atoms with Gasteiger partial charge in [0.05, 0.1) is 30.3 Å². The number of amides is 1. The number of sulfonamides is 1. The molecule has 0 bridgehead atoms. The Bertz CT molecular complexity index is 962. The molecule has 0 saturated heterocycles. The Morgan fingerprint density at radius 3 is 2.48 bits per heavy atom. The minimum absolute atomic E-state index is 0.0175. The molecule has 8 nitrogen and oxygen atoms in total. The van der Waals surface area contributed by atoms with Gasteiger partial charge in [0, 0.05) is 5.02 Å². The summed E-state index contributed by atoms with van der Waals surface area (Å²) >= 11 is 5.89. The van der Waals surface area contributed by atoms with Crippen LogP contribution in [0.3, 0.4) is 0 Å². The molecule has 10 heteroatoms. The van der Waals surface area contributed by atoms with Crippen LogP contribution in [-0.2, 0) is 19.6 Å². The molecule has 0 aliphatic heterocycles. The highest BCUT2D eigenvalue weighted by Gasteiger charge is 2.17. The fraction of sp³-hybridized carbons (Fsp3) is 0.176. The molecule has 27 heavy (non-hydrogen) atoms. The highest BCUT2D eigenvalue weighted by Crippen LogP contribution is 2.27. The lowest BCUT2D eigenvalue weighted by atomic mass is 10.2. The second kappa shape index (κ2) is 8.74. The van der Waals surface area contributed by atoms with Gasteiger partial charge in [-0.2, -0.15) is 0 Å². The van der Waals surface area contributed by atoms with Gasteiger partial charge in [-0.25, -0.2) is 13.2 Å². The molecule has 144 valence electrons. The highest BCUT2D eigenvalue weighted by molar-refractivity contribution is 7.92. The number of benzene rings is 2. The van der Waals surface area contributed by atoms with Gasteiger partial charge in [-0.05, 0) is 30.3 Å². The third-order valence-electron chi connectivity index (χ3n) is 3.21. The molecule has 1 amide bonds. The van der Waals surface area contributed by atoms with Gasteiger partial charge in [0.25, 0.3) is 5.91 Å². The number of rotatable bonds is 7. The molecular formula is C17H17ClN2O6S. The van der Waals surface area contributed by atoms with E-state index in [1.54, 1.807) is 24.3 Å². The van der Waals surface area contributed by atoms with Crippen molar-refractivity contribution in [3.8, 4) is 5.75 Å². The molecule has 2 aromatic carbocycles. The number of carbonyl (C=O) groups is 2. The average Bonchev–Trinajstić information content (AvgIpc) is 2.59. The summed E-state index contributed by atoms with van der Waals surface area (Å²) in [6.07, 6.45) is 0.959. The van der Waals surface area contributed by atoms with Crippen molar-refractivity contribution in [3.63, 3.8) is 0 Å². The summed E-state index contributed by atoms with van der Waals surface area (Å²) in [6.45, 7) is -0.582. The Hall–Kier alpha value is -2.78. The molecule has 2 aromatic rings. The Balaban J connectivity index is 2.04. The molecule has 0 spiro atoms. The van der Waals surface area contributed by atoms with Crippen LogP contribution in [0.1, 0.15) is 10.4 Å². The lowest BCUT2D eigenvalue weighted by Crippen LogP contribution is -2.22. The lowest BCUT2D eigenvalue weighted by Gasteiger charge is -2.12. The second-order valence-electron chi connectivity index (χ2n) is 5.39. The maximum Gasteiger partial charge on any atom is 0.340 e. The maximum absolute atomic E-state index is 12.2. The average molecular weight is 413 g/mol. The predicted octanol–water partition coefficient (Wildman–Crippen LogP) is 2.52. The highest BCUT2D eigenvalue weighted by atomic mass is 35.5. The molecule has 2 rings (SSSR count). The van der Waals surface area contributed by atoms with Crippen LogP contribution in [0.4, 0.5) is 11.4 Å². The van der Waals surface area contributed by atoms with Gasteiger partial charge in [-0.3, -0.25) is 9.52 Å². The SMILES string of the molecule is COc1ccc(Cl)cc1NC(=O)COC(=O)c1ccccc1NS(C)(=O)=O. The Kier molecular flexibility index (Phi) is 6.65. The van der Waals surface area contributed by atoms with Crippen molar-refractivity contribution in [2.24, 2.45) is 0 Å². The van der Waals surface area contributed by atoms with Crippen molar-refractivity contribution >= 4 is 44.9 Å². The smallest absolute Gasteiger partial charge is 0.340 e. The zero-order chi connectivity index (χ0) is 20.0. The Labute approximate surface area is 161 Å². The van der Waals surface area contributed by atoms with Gasteiger partial charge in [-0.1, -0.05) is 23.7 Å². The van der Waals surface area contributed by atoms with Crippen LogP contribution in [0.2, 0.25) is 5.02 Å². The van der Waals surface area contributed by atoms with Crippen molar-refractivity contribution in [2.45, 2.75) is 0 Å². The van der Waals surface area contributed by atoms with Crippen LogP contribution in [0.25, 0.3) is 0 Å². The summed E-state index contributed by atoms with van der Waals surface area (Å²) in [4.78, 5) is 24.2. The van der Waals surface area contributed by atoms with E-state index in [9.17, 15) is 18.0 Å². The first-order valence-electron chi connectivity index (χ1n) is 7.57. The third kappa shape index (κ3) is 6.15. The largest absolute Gasteiger partial charge is 0.495 e. The van der Waals surface area contributed by atoms with Gasteiger partial charge in [0.1, 0.15) is 5.75 Å². The maximum atomic E-state index is 12.2. The first-order valence-corrected chi connectivity index (χ1v) is 9.84. The molecule has 0 atom stereocenters. The van der Waals surface area contributed by atoms with E-state index in [1.165, 1.54) is 25.3 Å². The molecule has 0 heterocycles. The number of halogens is 1. The molecule has 0 aromatic heterocycles. The van der Waals surface area contributed by atoms with E-state index in [0.717, 1.165) is 6.26 Å². The Morgan fingerprint density at radius 1 is 1.11 bits per heavy atom. The number of methoxy groups -OCH3 is 1. The van der Waals surface area contributed by atoms with Crippen LogP contribution in [0.5, 0.6) is 5.75 Å². The first kappa shape index (κ1) is 20.5. The minimum atomic E-state index is -3.58. The third-order valence-corrected chi connectivity index (χ3v) is 4.04. The first-order chi connectivity index (χ1) is 12.7. The minimum Gasteiger partial charge on any atom is -0.495 e. The summed E-state index contributed by atoms with van der Waals surface area (Å²) in [5, 5.41) is 2.92. The van der Waals surface area contributed by atoms with E-state index >= 15 is 0 Å². The quantitative estimate of drug-likeness (QED) is 0.676. The number of carbonyl (C=O) groups excluding carboxylic acids is 2. The van der Waals surface area contributed by atoms with Gasteiger partial charge < -0.3 is 14.8 Å². The van der Waals surface area contributed by atoms with Crippen molar-refractivity contribution in [3.05, 3.63) is 53.1 Å². The molecule has 2 N–H and O–H groups in total. The summed E-state index contributed by atoms with van der Waals surface area (Å²) < 4.78 is 35.1. The van der Waals surface area contributed by atoms with Gasteiger partial charge >= 0.3 is 5.97 Å². The molecule has 0 fully saturated rings. The van der Waals surface area contributed by atoms with Crippen LogP contribution in [-0.4, -0.2) is 40.3 Å². The number of ether oxygens (including phenoxy) is 2. The summed E-state index contributed by atoms with van der Waals surface area (Å²) in [5.74, 6) is -1.07. The predicted molar refractivity (Wildman–Crippen MR) is 102 cm³/mol. The molecule has 0 aliphatic carbocycles. The van der Waals surface area contributed by atoms with E-state index in [1.807, 2.05) is 0 Å². The number of hydrogen-bond donors (Lipinski definition) is 2. The zero-order valence-electron chi connectivity index (χ0n) is 14.5. The van der Waals surface area contributed by atoms with Crippen molar-refractivity contribution < 1.29 is 27.5 Å². The van der Waals surface area contributed by atoms with Gasteiger partial charge in [-0.15, -0.1) is 0 Å². The van der Waals surface area contributed by atoms with E-state index < -0.39 is 28.5 Å². The molecule has 0 aliphatic rings. The number of hydrogen-bond acceptors (Lipinski definition) is 6. The van der Waals surface area contributed by atoms with Crippen LogP contribution in [0, 0.1) is 0 Å². The van der Waals surface area contributed by atoms with Crippen LogP contribution in [0.15, 0.2) is 42.5 Å². The molecule has 0 radical (unpaired) electrons. The fourth-order valence-electron chi connectivity index (χ4n) is 2.12. The topological polar surface area (TPSA) is 111 Å². The number of para-hydroxylation sites is 1. The van der Waals surface area contributed by atoms with E-state index in [2.05, 4.69) is 10.0 Å². The van der Waals surface area contributed by atoms with E-state index in [0.29, 0.717) is 16.5 Å². The number of esters is 1. The second-order valence-corrected chi connectivity index (χ2v) is 7.57. The van der Waals surface area contributed by atoms with Crippen molar-refractivity contribution in [2.75, 3.05) is 30.0 Å². The van der Waals surface area contributed by atoms with Gasteiger partial charge in [0.2, 0.25) is 10.0 Å². The number of anilines is 2. The van der Waals surface area contributed by atoms with Gasteiger partial charge in [0.15, 0.2) is 6.61 Å². The summed E-state index contributed by atoms with van der Waals surface area (Å²) in [5.41, 5.74) is 0.364. The van der Waals surface area contributed by atoms with E-state index in [-0.39, 0.29) is 11.3 Å². The van der Waals surface area contributed by atoms with Crippen molar-refractivity contribution in [1.82, 2.24) is 0 Å². The monoisotopic (exact) mass is 412 g/mol. The van der Waals surface area contributed by atoms with Crippen molar-refractivity contribution in [1.29, 1.82) is 0 Å². The summed E-state index contributed by atoms with van der Waals surface area (Å²) in [7, 11) is -2.15. The molecule has 0 unspecified atom stereocenters.